The van der Waals surface area contributed by atoms with E-state index >= 15 is 0 Å². The fourth-order valence-electron chi connectivity index (χ4n) is 2.85. The molecule has 0 radical (unpaired) electrons. The van der Waals surface area contributed by atoms with Gasteiger partial charge in [-0.15, -0.1) is 12.4 Å². The number of aromatic nitrogens is 2. The van der Waals surface area contributed by atoms with Gasteiger partial charge in [-0.25, -0.2) is 4.98 Å². The molecule has 2 N–H and O–H groups in total. The van der Waals surface area contributed by atoms with Crippen molar-refractivity contribution in [1.29, 1.82) is 0 Å². The third-order valence-corrected chi connectivity index (χ3v) is 5.28. The van der Waals surface area contributed by atoms with E-state index in [4.69, 9.17) is 5.73 Å². The van der Waals surface area contributed by atoms with Gasteiger partial charge >= 0.3 is 0 Å². The predicted octanol–water partition coefficient (Wildman–Crippen LogP) is 4.14. The Morgan fingerprint density at radius 1 is 1.20 bits per heavy atom. The lowest BCUT2D eigenvalue weighted by Crippen LogP contribution is -2.26. The van der Waals surface area contributed by atoms with Crippen molar-refractivity contribution < 1.29 is 4.79 Å². The second kappa shape index (κ2) is 6.38. The Labute approximate surface area is 155 Å². The Balaban J connectivity index is 0.00000182. The monoisotopic (exact) mass is 372 g/mol. The number of nitrogens with two attached hydrogens (primary N) is 1. The van der Waals surface area contributed by atoms with Crippen LogP contribution < -0.4 is 10.6 Å². The molecule has 0 spiro atoms. The maximum Gasteiger partial charge on any atom is 0.270 e. The van der Waals surface area contributed by atoms with Gasteiger partial charge in [0.05, 0.1) is 11.0 Å². The number of fused-ring (bicyclic) bond motifs is 3. The van der Waals surface area contributed by atoms with Crippen molar-refractivity contribution in [3.05, 3.63) is 59.1 Å². The highest BCUT2D eigenvalue weighted by Crippen LogP contribution is 2.30. The second-order valence-corrected chi connectivity index (χ2v) is 6.67. The van der Waals surface area contributed by atoms with Gasteiger partial charge in [0.2, 0.25) is 0 Å². The number of nitrogen functional groups attached to an aromatic ring is 1. The number of imidazole rings is 1. The molecule has 2 aromatic carbocycles. The summed E-state index contributed by atoms with van der Waals surface area (Å²) in [6, 6.07) is 15.2. The number of halogens is 1. The number of para-hydroxylation sites is 1. The molecule has 5 nitrogen and oxygen atoms in total. The van der Waals surface area contributed by atoms with E-state index in [0.717, 1.165) is 27.4 Å². The van der Waals surface area contributed by atoms with Crippen molar-refractivity contribution in [2.45, 2.75) is 6.92 Å². The van der Waals surface area contributed by atoms with Gasteiger partial charge in [0, 0.05) is 24.1 Å². The molecule has 25 heavy (non-hydrogen) atoms. The number of benzene rings is 2. The first-order valence-electron chi connectivity index (χ1n) is 7.56. The van der Waals surface area contributed by atoms with Gasteiger partial charge in [0.1, 0.15) is 4.88 Å². The van der Waals surface area contributed by atoms with Gasteiger partial charge in [0.25, 0.3) is 5.91 Å². The van der Waals surface area contributed by atoms with E-state index in [1.54, 1.807) is 11.9 Å². The summed E-state index contributed by atoms with van der Waals surface area (Å²) < 4.78 is 2.00. The number of aryl methyl sites for hydroxylation is 1. The maximum atomic E-state index is 12.9. The third-order valence-electron chi connectivity index (χ3n) is 4.15. The van der Waals surface area contributed by atoms with Crippen molar-refractivity contribution in [2.75, 3.05) is 17.7 Å². The third kappa shape index (κ3) is 2.73. The van der Waals surface area contributed by atoms with Crippen LogP contribution >= 0.6 is 23.7 Å². The summed E-state index contributed by atoms with van der Waals surface area (Å²) in [7, 11) is 1.79. The van der Waals surface area contributed by atoms with Crippen LogP contribution in [0.2, 0.25) is 0 Å². The van der Waals surface area contributed by atoms with Crippen LogP contribution in [0.25, 0.3) is 16.0 Å². The number of carbonyl (C=O) groups is 1. The number of carbonyl (C=O) groups excluding carboxylic acids is 1. The van der Waals surface area contributed by atoms with Crippen LogP contribution in [0.5, 0.6) is 0 Å². The molecular weight excluding hydrogens is 356 g/mol. The lowest BCUT2D eigenvalue weighted by Gasteiger charge is -2.16. The minimum Gasteiger partial charge on any atom is -0.399 e. The Morgan fingerprint density at radius 2 is 1.92 bits per heavy atom. The molecule has 1 amide bonds. The van der Waals surface area contributed by atoms with Crippen molar-refractivity contribution in [1.82, 2.24) is 9.38 Å². The Bertz CT molecular complexity index is 1070. The molecule has 0 unspecified atom stereocenters. The lowest BCUT2D eigenvalue weighted by molar-refractivity contribution is 0.0996. The first-order chi connectivity index (χ1) is 11.6. The molecule has 0 saturated heterocycles. The van der Waals surface area contributed by atoms with Crippen LogP contribution in [0, 0.1) is 6.92 Å². The number of rotatable bonds is 2. The minimum absolute atomic E-state index is 0. The molecular formula is C18H17ClN4OS. The molecule has 0 atom stereocenters. The standard InChI is InChI=1S/C18H16N4OS.ClH/c1-11-16(17(23)21(2)13-6-4-3-5-7-13)24-18-20-14-9-8-12(19)10-15(14)22(11)18;/h3-10H,19H2,1-2H3;1H. The van der Waals surface area contributed by atoms with Crippen LogP contribution in [0.3, 0.4) is 0 Å². The van der Waals surface area contributed by atoms with E-state index in [1.165, 1.54) is 11.3 Å². The summed E-state index contributed by atoms with van der Waals surface area (Å²) in [6.45, 7) is 1.94. The summed E-state index contributed by atoms with van der Waals surface area (Å²) >= 11 is 1.41. The second-order valence-electron chi connectivity index (χ2n) is 5.69. The van der Waals surface area contributed by atoms with Crippen LogP contribution in [-0.2, 0) is 0 Å². The van der Waals surface area contributed by atoms with E-state index < -0.39 is 0 Å². The molecule has 4 aromatic rings. The number of thiazole rings is 1. The first-order valence-corrected chi connectivity index (χ1v) is 8.38. The zero-order valence-corrected chi connectivity index (χ0v) is 15.4. The number of nitrogens with zero attached hydrogens (tertiary/aromatic N) is 3. The maximum absolute atomic E-state index is 12.9. The van der Waals surface area contributed by atoms with E-state index in [1.807, 2.05) is 59.9 Å². The largest absolute Gasteiger partial charge is 0.399 e. The highest BCUT2D eigenvalue weighted by atomic mass is 35.5. The zero-order chi connectivity index (χ0) is 16.8. The van der Waals surface area contributed by atoms with Crippen molar-refractivity contribution in [3.63, 3.8) is 0 Å². The Morgan fingerprint density at radius 3 is 2.64 bits per heavy atom. The first kappa shape index (κ1) is 17.3. The molecule has 4 rings (SSSR count). The molecule has 128 valence electrons. The quantitative estimate of drug-likeness (QED) is 0.538. The van der Waals surface area contributed by atoms with Crippen LogP contribution in [0.15, 0.2) is 48.5 Å². The minimum atomic E-state index is -0.0359. The number of anilines is 2. The van der Waals surface area contributed by atoms with Gasteiger partial charge in [-0.3, -0.25) is 9.20 Å². The fraction of sp³-hybridized carbons (Fsp3) is 0.111. The van der Waals surface area contributed by atoms with E-state index in [9.17, 15) is 4.79 Å². The number of hydrogen-bond acceptors (Lipinski definition) is 4. The summed E-state index contributed by atoms with van der Waals surface area (Å²) in [5.74, 6) is -0.0359. The van der Waals surface area contributed by atoms with E-state index in [-0.39, 0.29) is 18.3 Å². The molecule has 0 aliphatic rings. The topological polar surface area (TPSA) is 63.6 Å². The molecule has 2 heterocycles. The molecule has 2 aromatic heterocycles. The summed E-state index contributed by atoms with van der Waals surface area (Å²) in [5, 5.41) is 0. The summed E-state index contributed by atoms with van der Waals surface area (Å²) in [4.78, 5) is 20.7. The SMILES string of the molecule is Cc1c(C(=O)N(C)c2ccccc2)sc2nc3ccc(N)cc3n12.Cl. The Kier molecular flexibility index (Phi) is 4.41. The fourth-order valence-corrected chi connectivity index (χ4v) is 3.97. The molecule has 0 fully saturated rings. The van der Waals surface area contributed by atoms with Crippen LogP contribution in [-0.4, -0.2) is 22.3 Å². The summed E-state index contributed by atoms with van der Waals surface area (Å²) in [6.07, 6.45) is 0. The molecule has 0 bridgehead atoms. The van der Waals surface area contributed by atoms with Gasteiger partial charge < -0.3 is 10.6 Å². The van der Waals surface area contributed by atoms with E-state index in [2.05, 4.69) is 4.98 Å². The number of hydrogen-bond donors (Lipinski definition) is 1. The highest BCUT2D eigenvalue weighted by Gasteiger charge is 2.22. The Hall–Kier alpha value is -2.57. The van der Waals surface area contributed by atoms with Gasteiger partial charge in [-0.1, -0.05) is 29.5 Å². The zero-order valence-electron chi connectivity index (χ0n) is 13.8. The molecule has 7 heteroatoms. The normalized spacial score (nSPS) is 10.8. The van der Waals surface area contributed by atoms with Crippen molar-refractivity contribution >= 4 is 57.0 Å². The van der Waals surface area contributed by atoms with Crippen molar-refractivity contribution in [3.8, 4) is 0 Å². The average Bonchev–Trinajstić information content (AvgIpc) is 3.11. The lowest BCUT2D eigenvalue weighted by atomic mass is 10.2. The molecule has 0 saturated carbocycles. The highest BCUT2D eigenvalue weighted by molar-refractivity contribution is 7.19. The van der Waals surface area contributed by atoms with E-state index in [0.29, 0.717) is 10.6 Å². The predicted molar refractivity (Wildman–Crippen MR) is 106 cm³/mol. The van der Waals surface area contributed by atoms with Crippen LogP contribution in [0.4, 0.5) is 11.4 Å². The summed E-state index contributed by atoms with van der Waals surface area (Å²) in [5.41, 5.74) is 10.1. The number of amides is 1. The average molecular weight is 373 g/mol. The van der Waals surface area contributed by atoms with Gasteiger partial charge in [-0.2, -0.15) is 0 Å². The van der Waals surface area contributed by atoms with Crippen LogP contribution in [0.1, 0.15) is 15.4 Å². The smallest absolute Gasteiger partial charge is 0.270 e. The van der Waals surface area contributed by atoms with Gasteiger partial charge in [0.15, 0.2) is 4.96 Å². The van der Waals surface area contributed by atoms with Crippen molar-refractivity contribution in [2.24, 2.45) is 0 Å². The van der Waals surface area contributed by atoms with Gasteiger partial charge in [-0.05, 0) is 37.3 Å². The molecule has 0 aliphatic carbocycles. The molecule has 0 aliphatic heterocycles.